The van der Waals surface area contributed by atoms with Gasteiger partial charge in [-0.1, -0.05) is 23.8 Å². The average molecular weight is 311 g/mol. The van der Waals surface area contributed by atoms with Crippen LogP contribution in [0.4, 0.5) is 5.69 Å². The van der Waals surface area contributed by atoms with Gasteiger partial charge in [-0.15, -0.1) is 11.3 Å². The van der Waals surface area contributed by atoms with Crippen molar-refractivity contribution in [3.8, 4) is 0 Å². The highest BCUT2D eigenvalue weighted by Crippen LogP contribution is 2.22. The molecule has 1 aromatic heterocycles. The standard InChI is InChI=1S/C14H15ClN2S2/c1-9-8-10(2-4-12(9)14(16)18)17-7-6-11-3-5-13(15)19-11/h2-5,8,17H,6-7H2,1H3,(H2,16,18). The molecule has 0 radical (unpaired) electrons. The smallest absolute Gasteiger partial charge is 0.104 e. The van der Waals surface area contributed by atoms with Crippen molar-refractivity contribution in [3.05, 3.63) is 50.7 Å². The van der Waals surface area contributed by atoms with Crippen LogP contribution >= 0.6 is 35.2 Å². The number of halogens is 1. The molecule has 0 spiro atoms. The molecule has 3 N–H and O–H groups in total. The second-order valence-electron chi connectivity index (χ2n) is 4.28. The number of thiocarbonyl (C=S) groups is 1. The molecule has 0 aliphatic rings. The summed E-state index contributed by atoms with van der Waals surface area (Å²) >= 11 is 12.5. The zero-order valence-electron chi connectivity index (χ0n) is 10.6. The number of aryl methyl sites for hydroxylation is 1. The lowest BCUT2D eigenvalue weighted by molar-refractivity contribution is 1.04. The monoisotopic (exact) mass is 310 g/mol. The largest absolute Gasteiger partial charge is 0.389 e. The van der Waals surface area contributed by atoms with Gasteiger partial charge in [0.15, 0.2) is 0 Å². The van der Waals surface area contributed by atoms with E-state index in [1.165, 1.54) is 4.88 Å². The Morgan fingerprint density at radius 1 is 1.37 bits per heavy atom. The van der Waals surface area contributed by atoms with Crippen LogP contribution in [-0.2, 0) is 6.42 Å². The minimum atomic E-state index is 0.442. The van der Waals surface area contributed by atoms with E-state index < -0.39 is 0 Å². The van der Waals surface area contributed by atoms with E-state index in [-0.39, 0.29) is 0 Å². The first-order chi connectivity index (χ1) is 9.06. The van der Waals surface area contributed by atoms with E-state index in [2.05, 4.69) is 17.4 Å². The Hall–Kier alpha value is -1.10. The molecule has 1 heterocycles. The molecule has 2 nitrogen and oxygen atoms in total. The number of benzene rings is 1. The van der Waals surface area contributed by atoms with Gasteiger partial charge >= 0.3 is 0 Å². The number of anilines is 1. The molecule has 5 heteroatoms. The van der Waals surface area contributed by atoms with Crippen LogP contribution in [0.2, 0.25) is 4.34 Å². The maximum atomic E-state index is 5.90. The summed E-state index contributed by atoms with van der Waals surface area (Å²) in [6.07, 6.45) is 0.966. The molecule has 100 valence electrons. The van der Waals surface area contributed by atoms with Crippen molar-refractivity contribution in [1.29, 1.82) is 0 Å². The zero-order chi connectivity index (χ0) is 13.8. The molecule has 0 atom stereocenters. The van der Waals surface area contributed by atoms with E-state index in [0.29, 0.717) is 4.99 Å². The van der Waals surface area contributed by atoms with Gasteiger partial charge in [0.25, 0.3) is 0 Å². The minimum absolute atomic E-state index is 0.442. The van der Waals surface area contributed by atoms with Gasteiger partial charge in [0.05, 0.1) is 4.34 Å². The van der Waals surface area contributed by atoms with Crippen LogP contribution in [-0.4, -0.2) is 11.5 Å². The number of hydrogen-bond donors (Lipinski definition) is 2. The number of hydrogen-bond acceptors (Lipinski definition) is 3. The Balaban J connectivity index is 1.93. The molecule has 2 aromatic rings. The molecule has 0 fully saturated rings. The second kappa shape index (κ2) is 6.37. The highest BCUT2D eigenvalue weighted by molar-refractivity contribution is 7.80. The SMILES string of the molecule is Cc1cc(NCCc2ccc(Cl)s2)ccc1C(N)=S. The van der Waals surface area contributed by atoms with Crippen LogP contribution in [0.25, 0.3) is 0 Å². The first-order valence-corrected chi connectivity index (χ1v) is 7.55. The van der Waals surface area contributed by atoms with Crippen LogP contribution in [0.15, 0.2) is 30.3 Å². The van der Waals surface area contributed by atoms with Crippen LogP contribution in [0.3, 0.4) is 0 Å². The summed E-state index contributed by atoms with van der Waals surface area (Å²) < 4.78 is 0.839. The van der Waals surface area contributed by atoms with Crippen molar-refractivity contribution >= 4 is 45.8 Å². The van der Waals surface area contributed by atoms with Gasteiger partial charge in [0.2, 0.25) is 0 Å². The number of nitrogens with two attached hydrogens (primary N) is 1. The van der Waals surface area contributed by atoms with E-state index in [4.69, 9.17) is 29.6 Å². The van der Waals surface area contributed by atoms with Crippen LogP contribution in [0.1, 0.15) is 16.0 Å². The third-order valence-electron chi connectivity index (χ3n) is 2.82. The Bertz CT molecular complexity index is 593. The summed E-state index contributed by atoms with van der Waals surface area (Å²) in [5.74, 6) is 0. The predicted molar refractivity (Wildman–Crippen MR) is 88.6 cm³/mol. The summed E-state index contributed by atoms with van der Waals surface area (Å²) in [7, 11) is 0. The Morgan fingerprint density at radius 2 is 2.16 bits per heavy atom. The molecule has 19 heavy (non-hydrogen) atoms. The van der Waals surface area contributed by atoms with Crippen LogP contribution < -0.4 is 11.1 Å². The van der Waals surface area contributed by atoms with Crippen molar-refractivity contribution in [2.75, 3.05) is 11.9 Å². The summed E-state index contributed by atoms with van der Waals surface area (Å²) in [6, 6.07) is 10.0. The Labute approximate surface area is 127 Å². The molecule has 0 unspecified atom stereocenters. The maximum absolute atomic E-state index is 5.90. The average Bonchev–Trinajstić information content (AvgIpc) is 2.75. The van der Waals surface area contributed by atoms with Gasteiger partial charge in [-0.2, -0.15) is 0 Å². The van der Waals surface area contributed by atoms with Gasteiger partial charge in [-0.05, 0) is 49.2 Å². The van der Waals surface area contributed by atoms with Crippen molar-refractivity contribution in [3.63, 3.8) is 0 Å². The zero-order valence-corrected chi connectivity index (χ0v) is 13.0. The highest BCUT2D eigenvalue weighted by atomic mass is 35.5. The molecule has 0 saturated carbocycles. The lowest BCUT2D eigenvalue weighted by Gasteiger charge is -2.09. The third-order valence-corrected chi connectivity index (χ3v) is 4.33. The first kappa shape index (κ1) is 14.3. The van der Waals surface area contributed by atoms with E-state index >= 15 is 0 Å². The molecule has 0 aliphatic carbocycles. The minimum Gasteiger partial charge on any atom is -0.389 e. The normalized spacial score (nSPS) is 10.4. The van der Waals surface area contributed by atoms with Crippen molar-refractivity contribution in [2.45, 2.75) is 13.3 Å². The van der Waals surface area contributed by atoms with E-state index in [1.54, 1.807) is 11.3 Å². The number of nitrogens with one attached hydrogen (secondary N) is 1. The van der Waals surface area contributed by atoms with Crippen LogP contribution in [0.5, 0.6) is 0 Å². The summed E-state index contributed by atoms with van der Waals surface area (Å²) in [5, 5.41) is 3.39. The molecule has 0 saturated heterocycles. The molecular formula is C14H15ClN2S2. The highest BCUT2D eigenvalue weighted by Gasteiger charge is 2.03. The molecule has 0 bridgehead atoms. The number of rotatable bonds is 5. The second-order valence-corrected chi connectivity index (χ2v) is 6.52. The van der Waals surface area contributed by atoms with Gasteiger partial charge < -0.3 is 11.1 Å². The van der Waals surface area contributed by atoms with E-state index in [0.717, 1.165) is 34.1 Å². The lowest BCUT2D eigenvalue weighted by atomic mass is 10.1. The van der Waals surface area contributed by atoms with E-state index in [1.807, 2.05) is 25.1 Å². The quantitative estimate of drug-likeness (QED) is 0.820. The molecule has 1 aromatic carbocycles. The van der Waals surface area contributed by atoms with Crippen molar-refractivity contribution in [1.82, 2.24) is 0 Å². The summed E-state index contributed by atoms with van der Waals surface area (Å²) in [5.41, 5.74) is 8.76. The Kier molecular flexibility index (Phi) is 4.80. The van der Waals surface area contributed by atoms with Crippen LogP contribution in [0, 0.1) is 6.92 Å². The fourth-order valence-corrected chi connectivity index (χ4v) is 3.18. The summed E-state index contributed by atoms with van der Waals surface area (Å²) in [4.78, 5) is 1.73. The molecule has 0 amide bonds. The maximum Gasteiger partial charge on any atom is 0.104 e. The van der Waals surface area contributed by atoms with Gasteiger partial charge in [0, 0.05) is 22.7 Å². The van der Waals surface area contributed by atoms with Gasteiger partial charge in [-0.25, -0.2) is 0 Å². The fraction of sp³-hybridized carbons (Fsp3) is 0.214. The molecule has 0 aliphatic heterocycles. The van der Waals surface area contributed by atoms with Gasteiger partial charge in [0.1, 0.15) is 4.99 Å². The number of thiophene rings is 1. The van der Waals surface area contributed by atoms with Crippen molar-refractivity contribution < 1.29 is 0 Å². The topological polar surface area (TPSA) is 38.0 Å². The van der Waals surface area contributed by atoms with Gasteiger partial charge in [-0.3, -0.25) is 0 Å². The third kappa shape index (κ3) is 3.93. The fourth-order valence-electron chi connectivity index (χ4n) is 1.87. The Morgan fingerprint density at radius 3 is 2.74 bits per heavy atom. The van der Waals surface area contributed by atoms with Crippen molar-refractivity contribution in [2.24, 2.45) is 5.73 Å². The summed E-state index contributed by atoms with van der Waals surface area (Å²) in [6.45, 7) is 2.89. The van der Waals surface area contributed by atoms with E-state index in [9.17, 15) is 0 Å². The predicted octanol–water partition coefficient (Wildman–Crippen LogP) is 4.00. The molecular weight excluding hydrogens is 296 g/mol. The first-order valence-electron chi connectivity index (χ1n) is 5.95. The lowest BCUT2D eigenvalue weighted by Crippen LogP contribution is -2.11. The molecule has 2 rings (SSSR count).